The van der Waals surface area contributed by atoms with Gasteiger partial charge in [0.25, 0.3) is 0 Å². The maximum atomic E-state index is 11.8. The van der Waals surface area contributed by atoms with Crippen LogP contribution >= 0.6 is 0 Å². The molecule has 24 heavy (non-hydrogen) atoms. The molecule has 1 heterocycles. The van der Waals surface area contributed by atoms with Gasteiger partial charge in [0.1, 0.15) is 0 Å². The zero-order valence-electron chi connectivity index (χ0n) is 14.1. The van der Waals surface area contributed by atoms with Gasteiger partial charge < -0.3 is 14.6 Å². The highest BCUT2D eigenvalue weighted by molar-refractivity contribution is 5.84. The molecule has 1 N–H and O–H groups in total. The van der Waals surface area contributed by atoms with Crippen molar-refractivity contribution in [3.63, 3.8) is 0 Å². The molecule has 7 nitrogen and oxygen atoms in total. The number of carbonyl (C=O) groups is 2. The van der Waals surface area contributed by atoms with Gasteiger partial charge in [0.15, 0.2) is 5.58 Å². The van der Waals surface area contributed by atoms with Crippen LogP contribution in [-0.2, 0) is 16.1 Å². The van der Waals surface area contributed by atoms with E-state index in [0.717, 1.165) is 5.52 Å². The predicted octanol–water partition coefficient (Wildman–Crippen LogP) is 1.36. The van der Waals surface area contributed by atoms with Crippen LogP contribution in [0.5, 0.6) is 0 Å². The van der Waals surface area contributed by atoms with Crippen LogP contribution in [0.15, 0.2) is 33.5 Å². The van der Waals surface area contributed by atoms with Crippen LogP contribution in [0.1, 0.15) is 26.7 Å². The number of nitrogens with one attached hydrogen (secondary N) is 1. The molecule has 0 saturated heterocycles. The van der Waals surface area contributed by atoms with Gasteiger partial charge in [0.05, 0.1) is 12.1 Å². The first-order valence-corrected chi connectivity index (χ1v) is 8.19. The number of aryl methyl sites for hydroxylation is 1. The number of nitrogens with zero attached hydrogens (tertiary/aromatic N) is 2. The van der Waals surface area contributed by atoms with Crippen molar-refractivity contribution < 1.29 is 14.0 Å². The van der Waals surface area contributed by atoms with Crippen LogP contribution in [-0.4, -0.2) is 40.9 Å². The van der Waals surface area contributed by atoms with Crippen molar-refractivity contribution in [3.8, 4) is 0 Å². The Labute approximate surface area is 140 Å². The third kappa shape index (κ3) is 4.24. The molecular formula is C17H23N3O4. The summed E-state index contributed by atoms with van der Waals surface area (Å²) < 4.78 is 6.66. The van der Waals surface area contributed by atoms with E-state index >= 15 is 0 Å². The van der Waals surface area contributed by atoms with Crippen LogP contribution in [0.25, 0.3) is 11.1 Å². The van der Waals surface area contributed by atoms with Gasteiger partial charge in [-0.3, -0.25) is 14.2 Å². The summed E-state index contributed by atoms with van der Waals surface area (Å²) in [5, 5.41) is 2.62. The van der Waals surface area contributed by atoms with Gasteiger partial charge in [0, 0.05) is 26.1 Å². The second-order valence-electron chi connectivity index (χ2n) is 5.43. The Kier molecular flexibility index (Phi) is 6.17. The molecule has 0 aliphatic carbocycles. The second-order valence-corrected chi connectivity index (χ2v) is 5.43. The number of hydrogen-bond acceptors (Lipinski definition) is 4. The van der Waals surface area contributed by atoms with Gasteiger partial charge in [-0.25, -0.2) is 4.79 Å². The molecule has 2 aromatic rings. The van der Waals surface area contributed by atoms with Crippen LogP contribution in [0.2, 0.25) is 0 Å². The molecule has 0 aliphatic heterocycles. The molecule has 1 aromatic carbocycles. The van der Waals surface area contributed by atoms with E-state index in [4.69, 9.17) is 4.42 Å². The highest BCUT2D eigenvalue weighted by Gasteiger charge is 2.12. The van der Waals surface area contributed by atoms with Crippen LogP contribution in [0.3, 0.4) is 0 Å². The Morgan fingerprint density at radius 1 is 1.21 bits per heavy atom. The molecule has 1 aromatic heterocycles. The van der Waals surface area contributed by atoms with Crippen molar-refractivity contribution in [2.75, 3.05) is 19.6 Å². The Morgan fingerprint density at radius 3 is 2.62 bits per heavy atom. The van der Waals surface area contributed by atoms with E-state index < -0.39 is 5.76 Å². The molecular weight excluding hydrogens is 310 g/mol. The largest absolute Gasteiger partial charge is 0.419 e. The smallest absolute Gasteiger partial charge is 0.408 e. The van der Waals surface area contributed by atoms with E-state index in [9.17, 15) is 14.4 Å². The molecule has 0 fully saturated rings. The highest BCUT2D eigenvalue weighted by atomic mass is 16.4. The Morgan fingerprint density at radius 2 is 1.92 bits per heavy atom. The zero-order valence-corrected chi connectivity index (χ0v) is 14.1. The van der Waals surface area contributed by atoms with E-state index in [0.29, 0.717) is 31.6 Å². The van der Waals surface area contributed by atoms with Gasteiger partial charge in [-0.2, -0.15) is 0 Å². The minimum atomic E-state index is -0.423. The maximum Gasteiger partial charge on any atom is 0.419 e. The summed E-state index contributed by atoms with van der Waals surface area (Å²) in [6, 6.07) is 7.18. The third-order valence-electron chi connectivity index (χ3n) is 3.91. The first-order valence-electron chi connectivity index (χ1n) is 8.19. The first kappa shape index (κ1) is 17.8. The number of rotatable bonds is 8. The fourth-order valence-corrected chi connectivity index (χ4v) is 2.57. The molecule has 0 radical (unpaired) electrons. The lowest BCUT2D eigenvalue weighted by atomic mass is 10.2. The molecule has 130 valence electrons. The number of oxazole rings is 1. The maximum absolute atomic E-state index is 11.8. The van der Waals surface area contributed by atoms with E-state index in [1.165, 1.54) is 4.57 Å². The minimum absolute atomic E-state index is 0.00903. The van der Waals surface area contributed by atoms with E-state index in [2.05, 4.69) is 5.32 Å². The number of fused-ring (bicyclic) bond motifs is 1. The summed E-state index contributed by atoms with van der Waals surface area (Å²) >= 11 is 0. The van der Waals surface area contributed by atoms with Gasteiger partial charge in [-0.05, 0) is 32.4 Å². The monoisotopic (exact) mass is 333 g/mol. The quantitative estimate of drug-likeness (QED) is 0.790. The molecule has 0 bridgehead atoms. The van der Waals surface area contributed by atoms with Crippen molar-refractivity contribution >= 4 is 22.9 Å². The fourth-order valence-electron chi connectivity index (χ4n) is 2.57. The van der Waals surface area contributed by atoms with Crippen molar-refractivity contribution in [2.45, 2.75) is 33.2 Å². The lowest BCUT2D eigenvalue weighted by Crippen LogP contribution is -2.40. The molecule has 0 atom stereocenters. The van der Waals surface area contributed by atoms with Crippen LogP contribution < -0.4 is 11.1 Å². The van der Waals surface area contributed by atoms with Crippen molar-refractivity contribution in [2.24, 2.45) is 0 Å². The Hall–Kier alpha value is -2.57. The summed E-state index contributed by atoms with van der Waals surface area (Å²) in [6.45, 7) is 5.46. The van der Waals surface area contributed by atoms with Crippen molar-refractivity contribution in [1.29, 1.82) is 0 Å². The molecule has 0 unspecified atom stereocenters. The van der Waals surface area contributed by atoms with Crippen molar-refractivity contribution in [3.05, 3.63) is 34.8 Å². The average Bonchev–Trinajstić information content (AvgIpc) is 2.90. The lowest BCUT2D eigenvalue weighted by Gasteiger charge is -2.18. The number of amides is 2. The summed E-state index contributed by atoms with van der Waals surface area (Å²) in [5.41, 5.74) is 1.26. The summed E-state index contributed by atoms with van der Waals surface area (Å²) in [4.78, 5) is 37.1. The number of likely N-dealkylation sites (N-methyl/N-ethyl adjacent to an activating group) is 1. The minimum Gasteiger partial charge on any atom is -0.408 e. The molecule has 0 aliphatic rings. The molecule has 0 spiro atoms. The number of aromatic nitrogens is 1. The normalized spacial score (nSPS) is 10.8. The number of hydrogen-bond donors (Lipinski definition) is 1. The number of para-hydroxylation sites is 2. The van der Waals surface area contributed by atoms with Crippen LogP contribution in [0.4, 0.5) is 0 Å². The van der Waals surface area contributed by atoms with E-state index in [1.807, 2.05) is 26.0 Å². The Balaban J connectivity index is 1.81. The van der Waals surface area contributed by atoms with Gasteiger partial charge in [-0.15, -0.1) is 0 Å². The second kappa shape index (κ2) is 8.33. The molecule has 0 saturated carbocycles. The Bertz CT molecular complexity index is 759. The molecule has 7 heteroatoms. The van der Waals surface area contributed by atoms with Gasteiger partial charge in [-0.1, -0.05) is 12.1 Å². The number of carbonyl (C=O) groups excluding carboxylic acids is 2. The fraction of sp³-hybridized carbons (Fsp3) is 0.471. The third-order valence-corrected chi connectivity index (χ3v) is 3.91. The SMILES string of the molecule is CCN(CC)C(=O)CNC(=O)CCCn1c(=O)oc2ccccc21. The van der Waals surface area contributed by atoms with Gasteiger partial charge in [0.2, 0.25) is 11.8 Å². The molecule has 2 rings (SSSR count). The zero-order chi connectivity index (χ0) is 17.5. The van der Waals surface area contributed by atoms with Crippen LogP contribution in [0, 0.1) is 0 Å². The van der Waals surface area contributed by atoms with Crippen molar-refractivity contribution in [1.82, 2.24) is 14.8 Å². The topological polar surface area (TPSA) is 84.5 Å². The number of benzene rings is 1. The summed E-state index contributed by atoms with van der Waals surface area (Å²) in [7, 11) is 0. The molecule has 2 amide bonds. The predicted molar refractivity (Wildman–Crippen MR) is 90.6 cm³/mol. The van der Waals surface area contributed by atoms with E-state index in [1.54, 1.807) is 17.0 Å². The summed E-state index contributed by atoms with van der Waals surface area (Å²) in [6.07, 6.45) is 0.742. The lowest BCUT2D eigenvalue weighted by molar-refractivity contribution is -0.132. The standard InChI is InChI=1S/C17H23N3O4/c1-3-19(4-2)16(22)12-18-15(21)10-7-11-20-13-8-5-6-9-14(13)24-17(20)23/h5-6,8-9H,3-4,7,10-12H2,1-2H3,(H,18,21). The van der Waals surface area contributed by atoms with E-state index in [-0.39, 0.29) is 24.8 Å². The highest BCUT2D eigenvalue weighted by Crippen LogP contribution is 2.12. The first-order chi connectivity index (χ1) is 11.6. The summed E-state index contributed by atoms with van der Waals surface area (Å²) in [5.74, 6) is -0.713. The van der Waals surface area contributed by atoms with Gasteiger partial charge >= 0.3 is 5.76 Å². The average molecular weight is 333 g/mol.